The molecule has 0 aliphatic rings. The zero-order valence-corrected chi connectivity index (χ0v) is 12.0. The van der Waals surface area contributed by atoms with Crippen LogP contribution in [0.4, 0.5) is 34.8 Å². The lowest BCUT2D eigenvalue weighted by atomic mass is 10.2. The Bertz CT molecular complexity index is 892. The topological polar surface area (TPSA) is 64.1 Å². The van der Waals surface area contributed by atoms with Crippen LogP contribution in [-0.2, 0) is 6.18 Å². The molecule has 23 heavy (non-hydrogen) atoms. The summed E-state index contributed by atoms with van der Waals surface area (Å²) in [6.07, 6.45) is -3.68. The van der Waals surface area contributed by atoms with Gasteiger partial charge in [0.05, 0.1) is 10.4 Å². The second-order valence-electron chi connectivity index (χ2n) is 4.63. The molecule has 3 aromatic rings. The molecule has 120 valence electrons. The molecule has 1 aromatic carbocycles. The third kappa shape index (κ3) is 2.77. The summed E-state index contributed by atoms with van der Waals surface area (Å²) in [5, 5.41) is 2.74. The van der Waals surface area contributed by atoms with Gasteiger partial charge in [-0.1, -0.05) is 11.6 Å². The van der Waals surface area contributed by atoms with Gasteiger partial charge < -0.3 is 15.5 Å². The van der Waals surface area contributed by atoms with E-state index < -0.39 is 23.3 Å². The Labute approximate surface area is 131 Å². The van der Waals surface area contributed by atoms with Crippen LogP contribution < -0.4 is 11.1 Å². The number of nitrogens with zero attached hydrogens (tertiary/aromatic N) is 1. The molecule has 0 unspecified atom stereocenters. The third-order valence-corrected chi connectivity index (χ3v) is 3.38. The van der Waals surface area contributed by atoms with Gasteiger partial charge in [-0.05, 0) is 24.3 Å². The Morgan fingerprint density at radius 3 is 2.61 bits per heavy atom. The predicted molar refractivity (Wildman–Crippen MR) is 78.1 cm³/mol. The maximum atomic E-state index is 13.2. The molecule has 0 amide bonds. The Morgan fingerprint density at radius 2 is 1.96 bits per heavy atom. The number of halogens is 5. The molecule has 9 heteroatoms. The van der Waals surface area contributed by atoms with Crippen molar-refractivity contribution in [2.45, 2.75) is 6.18 Å². The lowest BCUT2D eigenvalue weighted by Gasteiger charge is -2.07. The zero-order chi connectivity index (χ0) is 16.8. The Kier molecular flexibility index (Phi) is 3.56. The number of benzene rings is 1. The Morgan fingerprint density at radius 1 is 1.22 bits per heavy atom. The van der Waals surface area contributed by atoms with Crippen LogP contribution in [0, 0.1) is 5.82 Å². The Hall–Kier alpha value is -2.48. The number of nitrogens with two attached hydrogens (primary N) is 1. The molecule has 3 rings (SSSR count). The van der Waals surface area contributed by atoms with Gasteiger partial charge in [-0.15, -0.1) is 0 Å². The summed E-state index contributed by atoms with van der Waals surface area (Å²) in [7, 11) is 0. The number of hydrogen-bond donors (Lipinski definition) is 2. The molecule has 0 radical (unpaired) electrons. The number of furan rings is 1. The first kappa shape index (κ1) is 15.4. The second kappa shape index (κ2) is 5.31. The summed E-state index contributed by atoms with van der Waals surface area (Å²) in [6, 6.07) is 5.09. The molecule has 0 atom stereocenters. The molecule has 0 saturated heterocycles. The van der Waals surface area contributed by atoms with E-state index in [2.05, 4.69) is 10.3 Å². The van der Waals surface area contributed by atoms with Gasteiger partial charge in [-0.2, -0.15) is 13.2 Å². The highest BCUT2D eigenvalue weighted by molar-refractivity contribution is 6.31. The number of alkyl halides is 3. The van der Waals surface area contributed by atoms with Crippen LogP contribution in [0.15, 0.2) is 34.9 Å². The van der Waals surface area contributed by atoms with Crippen molar-refractivity contribution in [2.24, 2.45) is 0 Å². The van der Waals surface area contributed by atoms with Crippen LogP contribution in [0.5, 0.6) is 0 Å². The van der Waals surface area contributed by atoms with Gasteiger partial charge in [0.15, 0.2) is 11.3 Å². The number of hydrogen-bond acceptors (Lipinski definition) is 4. The van der Waals surface area contributed by atoms with Crippen molar-refractivity contribution in [1.29, 1.82) is 0 Å². The molecule has 0 aliphatic heterocycles. The van der Waals surface area contributed by atoms with E-state index in [1.165, 1.54) is 18.2 Å². The van der Waals surface area contributed by atoms with Gasteiger partial charge in [0.1, 0.15) is 11.5 Å². The number of fused-ring (bicyclic) bond motifs is 1. The quantitative estimate of drug-likeness (QED) is 0.644. The van der Waals surface area contributed by atoms with Gasteiger partial charge in [0.2, 0.25) is 5.88 Å². The van der Waals surface area contributed by atoms with E-state index in [4.69, 9.17) is 21.8 Å². The van der Waals surface area contributed by atoms with Crippen molar-refractivity contribution < 1.29 is 22.0 Å². The summed E-state index contributed by atoms with van der Waals surface area (Å²) < 4.78 is 57.0. The van der Waals surface area contributed by atoms with Crippen LogP contribution in [0.3, 0.4) is 0 Å². The number of nitrogens with one attached hydrogen (secondary N) is 1. The number of nitrogen functional groups attached to an aromatic ring is 1. The molecule has 0 saturated carbocycles. The first-order chi connectivity index (χ1) is 10.8. The van der Waals surface area contributed by atoms with Gasteiger partial charge in [0.25, 0.3) is 0 Å². The van der Waals surface area contributed by atoms with E-state index in [9.17, 15) is 17.6 Å². The predicted octanol–water partition coefficient (Wildman–Crippen LogP) is 4.96. The average molecular weight is 346 g/mol. The van der Waals surface area contributed by atoms with Crippen LogP contribution in [0.25, 0.3) is 11.0 Å². The molecule has 2 aromatic heterocycles. The normalized spacial score (nSPS) is 11.9. The van der Waals surface area contributed by atoms with E-state index >= 15 is 0 Å². The van der Waals surface area contributed by atoms with Gasteiger partial charge >= 0.3 is 6.18 Å². The van der Waals surface area contributed by atoms with Crippen molar-refractivity contribution in [2.75, 3.05) is 11.1 Å². The van der Waals surface area contributed by atoms with E-state index in [0.29, 0.717) is 5.69 Å². The van der Waals surface area contributed by atoms with Crippen molar-refractivity contribution in [3.05, 3.63) is 47.0 Å². The fourth-order valence-electron chi connectivity index (χ4n) is 2.09. The highest BCUT2D eigenvalue weighted by Crippen LogP contribution is 2.41. The summed E-state index contributed by atoms with van der Waals surface area (Å²) in [6.45, 7) is 0. The van der Waals surface area contributed by atoms with E-state index in [-0.39, 0.29) is 22.0 Å². The highest BCUT2D eigenvalue weighted by Gasteiger charge is 2.37. The fourth-order valence-corrected chi connectivity index (χ4v) is 2.27. The van der Waals surface area contributed by atoms with Gasteiger partial charge in [-0.3, -0.25) is 0 Å². The molecule has 2 heterocycles. The number of aromatic nitrogens is 1. The minimum absolute atomic E-state index is 0.102. The summed E-state index contributed by atoms with van der Waals surface area (Å²) in [5.74, 6) is -0.871. The van der Waals surface area contributed by atoms with Crippen LogP contribution in [0.1, 0.15) is 5.69 Å². The summed E-state index contributed by atoms with van der Waals surface area (Å²) >= 11 is 5.67. The maximum Gasteiger partial charge on any atom is 0.437 e. The maximum absolute atomic E-state index is 13.2. The lowest BCUT2D eigenvalue weighted by Crippen LogP contribution is -2.07. The molecule has 0 fully saturated rings. The smallest absolute Gasteiger partial charge is 0.436 e. The SMILES string of the molecule is Nc1oc2c(C(F)(F)F)nccc2c1Nc1ccc(F)c(Cl)c1. The van der Waals surface area contributed by atoms with Gasteiger partial charge in [0, 0.05) is 11.9 Å². The van der Waals surface area contributed by atoms with E-state index in [0.717, 1.165) is 12.3 Å². The lowest BCUT2D eigenvalue weighted by molar-refractivity contribution is -0.140. The summed E-state index contributed by atoms with van der Waals surface area (Å²) in [4.78, 5) is 3.29. The molecule has 0 bridgehead atoms. The van der Waals surface area contributed by atoms with Crippen LogP contribution in [0.2, 0.25) is 5.02 Å². The molecular weight excluding hydrogens is 338 g/mol. The van der Waals surface area contributed by atoms with Crippen LogP contribution >= 0.6 is 11.6 Å². The van der Waals surface area contributed by atoms with Crippen LogP contribution in [-0.4, -0.2) is 4.98 Å². The first-order valence-corrected chi connectivity index (χ1v) is 6.61. The monoisotopic (exact) mass is 345 g/mol. The van der Waals surface area contributed by atoms with Gasteiger partial charge in [-0.25, -0.2) is 9.37 Å². The molecule has 4 nitrogen and oxygen atoms in total. The molecular formula is C14H8ClF4N3O. The zero-order valence-electron chi connectivity index (χ0n) is 11.2. The third-order valence-electron chi connectivity index (χ3n) is 3.09. The number of rotatable bonds is 2. The fraction of sp³-hybridized carbons (Fsp3) is 0.0714. The Balaban J connectivity index is 2.11. The minimum atomic E-state index is -4.68. The molecule has 0 aliphatic carbocycles. The van der Waals surface area contributed by atoms with E-state index in [1.807, 2.05) is 0 Å². The van der Waals surface area contributed by atoms with Crippen molar-refractivity contribution >= 4 is 39.8 Å². The number of anilines is 3. The molecule has 3 N–H and O–H groups in total. The average Bonchev–Trinajstić information content (AvgIpc) is 2.78. The number of pyridine rings is 1. The second-order valence-corrected chi connectivity index (χ2v) is 5.04. The standard InChI is InChI=1S/C14H8ClF4N3O/c15-8-5-6(1-2-9(8)16)22-10-7-3-4-21-12(14(17,18)19)11(7)23-13(10)20/h1-5,22H,20H2. The summed E-state index contributed by atoms with van der Waals surface area (Å²) in [5.41, 5.74) is 4.46. The van der Waals surface area contributed by atoms with Crippen molar-refractivity contribution in [1.82, 2.24) is 4.98 Å². The molecule has 0 spiro atoms. The van der Waals surface area contributed by atoms with Crippen molar-refractivity contribution in [3.63, 3.8) is 0 Å². The highest BCUT2D eigenvalue weighted by atomic mass is 35.5. The first-order valence-electron chi connectivity index (χ1n) is 6.23. The minimum Gasteiger partial charge on any atom is -0.436 e. The van der Waals surface area contributed by atoms with E-state index in [1.54, 1.807) is 0 Å². The van der Waals surface area contributed by atoms with Crippen molar-refractivity contribution in [3.8, 4) is 0 Å². The largest absolute Gasteiger partial charge is 0.437 e.